The zero-order valence-corrected chi connectivity index (χ0v) is 9.59. The Hall–Kier alpha value is -2.63. The minimum absolute atomic E-state index is 0.643. The van der Waals surface area contributed by atoms with Crippen molar-refractivity contribution in [3.8, 4) is 0 Å². The third-order valence-corrected chi connectivity index (χ3v) is 2.63. The Morgan fingerprint density at radius 3 is 3.06 bits per heavy atom. The maximum absolute atomic E-state index is 5.73. The number of fused-ring (bicyclic) bond motifs is 1. The fourth-order valence-electron chi connectivity index (χ4n) is 1.78. The van der Waals surface area contributed by atoms with Gasteiger partial charge >= 0.3 is 0 Å². The summed E-state index contributed by atoms with van der Waals surface area (Å²) < 4.78 is 0. The molecule has 0 spiro atoms. The van der Waals surface area contributed by atoms with Gasteiger partial charge in [-0.1, -0.05) is 12.1 Å². The van der Waals surface area contributed by atoms with Crippen molar-refractivity contribution in [1.29, 1.82) is 0 Å². The third-order valence-electron chi connectivity index (χ3n) is 2.63. The number of aromatic amines is 1. The first-order valence-electron chi connectivity index (χ1n) is 5.55. The fourth-order valence-corrected chi connectivity index (χ4v) is 1.78. The van der Waals surface area contributed by atoms with Gasteiger partial charge in [0, 0.05) is 12.2 Å². The van der Waals surface area contributed by atoms with Crippen molar-refractivity contribution in [3.63, 3.8) is 0 Å². The van der Waals surface area contributed by atoms with Crippen LogP contribution in [0.1, 0.15) is 5.56 Å². The Morgan fingerprint density at radius 2 is 2.17 bits per heavy atom. The number of nitrogens with one attached hydrogen (secondary N) is 2. The molecule has 0 bridgehead atoms. The van der Waals surface area contributed by atoms with Crippen LogP contribution < -0.4 is 11.1 Å². The molecule has 6 heteroatoms. The minimum atomic E-state index is 0.643. The van der Waals surface area contributed by atoms with Gasteiger partial charge in [0.1, 0.15) is 11.8 Å². The number of H-pyrrole nitrogens is 1. The largest absolute Gasteiger partial charge is 0.399 e. The second kappa shape index (κ2) is 4.33. The number of nitrogens with two attached hydrogens (primary N) is 1. The molecule has 3 aromatic rings. The number of benzene rings is 1. The molecule has 4 N–H and O–H groups in total. The van der Waals surface area contributed by atoms with Gasteiger partial charge in [-0.05, 0) is 17.7 Å². The topological polar surface area (TPSA) is 92.5 Å². The number of nitrogen functional groups attached to an aromatic ring is 1. The molecule has 90 valence electrons. The first kappa shape index (κ1) is 10.5. The number of hydrogen-bond donors (Lipinski definition) is 3. The number of aromatic nitrogens is 4. The zero-order valence-electron chi connectivity index (χ0n) is 9.59. The Morgan fingerprint density at radius 1 is 1.22 bits per heavy atom. The molecular weight excluding hydrogens is 228 g/mol. The average Bonchev–Trinajstić information content (AvgIpc) is 2.85. The molecule has 2 aromatic heterocycles. The zero-order chi connectivity index (χ0) is 12.4. The molecule has 0 aliphatic heterocycles. The van der Waals surface area contributed by atoms with Gasteiger partial charge in [-0.2, -0.15) is 0 Å². The van der Waals surface area contributed by atoms with Crippen LogP contribution in [0.4, 0.5) is 11.5 Å². The SMILES string of the molecule is Nc1cccc(CNc2ncnc3[nH]cnc23)c1. The molecule has 3 rings (SSSR count). The lowest BCUT2D eigenvalue weighted by molar-refractivity contribution is 1.10. The van der Waals surface area contributed by atoms with Crippen LogP contribution in [0, 0.1) is 0 Å². The Bertz CT molecular complexity index is 675. The highest BCUT2D eigenvalue weighted by atomic mass is 15.1. The van der Waals surface area contributed by atoms with E-state index >= 15 is 0 Å². The fraction of sp³-hybridized carbons (Fsp3) is 0.0833. The van der Waals surface area contributed by atoms with E-state index in [9.17, 15) is 0 Å². The molecule has 0 amide bonds. The second-order valence-corrected chi connectivity index (χ2v) is 3.92. The van der Waals surface area contributed by atoms with Gasteiger partial charge < -0.3 is 16.0 Å². The summed E-state index contributed by atoms with van der Waals surface area (Å²) in [6.45, 7) is 0.643. The molecule has 0 fully saturated rings. The monoisotopic (exact) mass is 240 g/mol. The molecule has 0 aliphatic carbocycles. The van der Waals surface area contributed by atoms with E-state index in [1.54, 1.807) is 6.33 Å². The van der Waals surface area contributed by atoms with Crippen LogP contribution in [0.5, 0.6) is 0 Å². The van der Waals surface area contributed by atoms with Gasteiger partial charge in [0.2, 0.25) is 0 Å². The molecule has 18 heavy (non-hydrogen) atoms. The Labute approximate surface area is 103 Å². The third kappa shape index (κ3) is 1.95. The maximum Gasteiger partial charge on any atom is 0.162 e. The summed E-state index contributed by atoms with van der Waals surface area (Å²) in [6, 6.07) is 7.72. The van der Waals surface area contributed by atoms with E-state index in [4.69, 9.17) is 5.73 Å². The summed E-state index contributed by atoms with van der Waals surface area (Å²) >= 11 is 0. The van der Waals surface area contributed by atoms with Crippen LogP contribution in [-0.2, 0) is 6.54 Å². The highest BCUT2D eigenvalue weighted by molar-refractivity contribution is 5.81. The second-order valence-electron chi connectivity index (χ2n) is 3.92. The van der Waals surface area contributed by atoms with E-state index in [1.807, 2.05) is 24.3 Å². The lowest BCUT2D eigenvalue weighted by atomic mass is 10.2. The van der Waals surface area contributed by atoms with E-state index in [0.717, 1.165) is 22.4 Å². The minimum Gasteiger partial charge on any atom is -0.399 e. The maximum atomic E-state index is 5.73. The molecule has 0 radical (unpaired) electrons. The summed E-state index contributed by atoms with van der Waals surface area (Å²) in [7, 11) is 0. The van der Waals surface area contributed by atoms with Crippen molar-refractivity contribution >= 4 is 22.7 Å². The first-order valence-corrected chi connectivity index (χ1v) is 5.55. The van der Waals surface area contributed by atoms with Crippen molar-refractivity contribution in [2.24, 2.45) is 0 Å². The normalized spacial score (nSPS) is 10.7. The lowest BCUT2D eigenvalue weighted by Gasteiger charge is -2.06. The van der Waals surface area contributed by atoms with Crippen LogP contribution in [0.3, 0.4) is 0 Å². The quantitative estimate of drug-likeness (QED) is 0.604. The van der Waals surface area contributed by atoms with E-state index in [-0.39, 0.29) is 0 Å². The van der Waals surface area contributed by atoms with Crippen LogP contribution in [0.15, 0.2) is 36.9 Å². The van der Waals surface area contributed by atoms with E-state index in [2.05, 4.69) is 25.3 Å². The van der Waals surface area contributed by atoms with Gasteiger partial charge in [-0.3, -0.25) is 0 Å². The van der Waals surface area contributed by atoms with E-state index in [0.29, 0.717) is 12.4 Å². The summed E-state index contributed by atoms with van der Waals surface area (Å²) in [5.41, 5.74) is 9.04. The predicted octanol–water partition coefficient (Wildman–Crippen LogP) is 1.55. The van der Waals surface area contributed by atoms with Crippen LogP contribution in [0.25, 0.3) is 11.2 Å². The molecular formula is C12H12N6. The molecule has 1 aromatic carbocycles. The lowest BCUT2D eigenvalue weighted by Crippen LogP contribution is -2.03. The van der Waals surface area contributed by atoms with Crippen LogP contribution in [-0.4, -0.2) is 19.9 Å². The van der Waals surface area contributed by atoms with E-state index in [1.165, 1.54) is 6.33 Å². The summed E-state index contributed by atoms with van der Waals surface area (Å²) in [6.07, 6.45) is 3.10. The van der Waals surface area contributed by atoms with Crippen LogP contribution in [0.2, 0.25) is 0 Å². The molecule has 2 heterocycles. The Kier molecular flexibility index (Phi) is 2.53. The van der Waals surface area contributed by atoms with Crippen molar-refractivity contribution in [2.45, 2.75) is 6.54 Å². The standard InChI is InChI=1S/C12H12N6/c13-9-3-1-2-8(4-9)5-14-11-10-12(16-6-15-10)18-7-17-11/h1-4,6-7H,5,13H2,(H2,14,15,16,17,18). The van der Waals surface area contributed by atoms with Crippen molar-refractivity contribution < 1.29 is 0 Å². The number of imidazole rings is 1. The summed E-state index contributed by atoms with van der Waals surface area (Å²) in [5, 5.41) is 3.23. The molecule has 0 aliphatic rings. The smallest absolute Gasteiger partial charge is 0.162 e. The predicted molar refractivity (Wildman–Crippen MR) is 69.9 cm³/mol. The van der Waals surface area contributed by atoms with Crippen LogP contribution >= 0.6 is 0 Å². The molecule has 0 unspecified atom stereocenters. The molecule has 0 saturated heterocycles. The van der Waals surface area contributed by atoms with Crippen molar-refractivity contribution in [2.75, 3.05) is 11.1 Å². The van der Waals surface area contributed by atoms with Gasteiger partial charge in [0.15, 0.2) is 11.5 Å². The number of rotatable bonds is 3. The summed E-state index contributed by atoms with van der Waals surface area (Å²) in [5.74, 6) is 0.712. The Balaban J connectivity index is 1.83. The van der Waals surface area contributed by atoms with Gasteiger partial charge in [0.25, 0.3) is 0 Å². The number of hydrogen-bond acceptors (Lipinski definition) is 5. The van der Waals surface area contributed by atoms with Crippen molar-refractivity contribution in [3.05, 3.63) is 42.5 Å². The van der Waals surface area contributed by atoms with Gasteiger partial charge in [0.05, 0.1) is 6.33 Å². The molecule has 0 atom stereocenters. The van der Waals surface area contributed by atoms with E-state index < -0.39 is 0 Å². The van der Waals surface area contributed by atoms with Gasteiger partial charge in [-0.25, -0.2) is 15.0 Å². The first-order chi connectivity index (χ1) is 8.83. The molecule has 0 saturated carbocycles. The average molecular weight is 240 g/mol. The number of anilines is 2. The van der Waals surface area contributed by atoms with Crippen molar-refractivity contribution in [1.82, 2.24) is 19.9 Å². The number of nitrogens with zero attached hydrogens (tertiary/aromatic N) is 3. The highest BCUT2D eigenvalue weighted by Gasteiger charge is 2.05. The summed E-state index contributed by atoms with van der Waals surface area (Å²) in [4.78, 5) is 15.4. The van der Waals surface area contributed by atoms with Gasteiger partial charge in [-0.15, -0.1) is 0 Å². The highest BCUT2D eigenvalue weighted by Crippen LogP contribution is 2.16. The molecule has 6 nitrogen and oxygen atoms in total.